The van der Waals surface area contributed by atoms with Crippen molar-refractivity contribution in [3.63, 3.8) is 0 Å². The predicted octanol–water partition coefficient (Wildman–Crippen LogP) is 3.19. The zero-order valence-corrected chi connectivity index (χ0v) is 23.4. The SMILES string of the molecule is Cc1ccc(N(C(=O)c2snc(C(N)=O)c2N)[C@H](C(=O)NC[C@@H]2CCCO2)c2ccc(N(C)C)cc2)c(C)c1. The third kappa shape index (κ3) is 6.04. The van der Waals surface area contributed by atoms with E-state index in [1.807, 2.05) is 75.3 Å². The Kier molecular flexibility index (Phi) is 8.51. The third-order valence-electron chi connectivity index (χ3n) is 6.75. The summed E-state index contributed by atoms with van der Waals surface area (Å²) < 4.78 is 9.72. The molecule has 0 radical (unpaired) electrons. The highest BCUT2D eigenvalue weighted by molar-refractivity contribution is 7.09. The fourth-order valence-corrected chi connectivity index (χ4v) is 5.41. The molecule has 1 aliphatic heterocycles. The van der Waals surface area contributed by atoms with Crippen LogP contribution in [-0.4, -0.2) is 55.4 Å². The molecule has 2 atom stereocenters. The minimum absolute atomic E-state index is 0.0330. The van der Waals surface area contributed by atoms with Gasteiger partial charge in [-0.3, -0.25) is 19.3 Å². The summed E-state index contributed by atoms with van der Waals surface area (Å²) in [6, 6.07) is 12.0. The van der Waals surface area contributed by atoms with Gasteiger partial charge in [-0.25, -0.2) is 0 Å². The molecule has 0 unspecified atom stereocenters. The van der Waals surface area contributed by atoms with Gasteiger partial charge in [0.2, 0.25) is 5.91 Å². The topological polar surface area (TPSA) is 144 Å². The van der Waals surface area contributed by atoms with Crippen molar-refractivity contribution in [2.45, 2.75) is 38.8 Å². The van der Waals surface area contributed by atoms with E-state index in [0.29, 0.717) is 24.4 Å². The number of ether oxygens (including phenoxy) is 1. The number of rotatable bonds is 9. The molecule has 3 amide bonds. The van der Waals surface area contributed by atoms with Crippen molar-refractivity contribution >= 4 is 46.3 Å². The van der Waals surface area contributed by atoms with Gasteiger partial charge >= 0.3 is 0 Å². The summed E-state index contributed by atoms with van der Waals surface area (Å²) in [5.41, 5.74) is 15.2. The van der Waals surface area contributed by atoms with E-state index < -0.39 is 17.9 Å². The van der Waals surface area contributed by atoms with E-state index in [2.05, 4.69) is 9.69 Å². The lowest BCUT2D eigenvalue weighted by Gasteiger charge is -2.33. The predicted molar refractivity (Wildman–Crippen MR) is 153 cm³/mol. The number of nitrogen functional groups attached to an aromatic ring is 1. The average molecular weight is 551 g/mol. The van der Waals surface area contributed by atoms with Crippen LogP contribution in [0.4, 0.5) is 17.1 Å². The molecule has 0 bridgehead atoms. The van der Waals surface area contributed by atoms with Gasteiger partial charge in [0.05, 0.1) is 11.8 Å². The molecule has 4 rings (SSSR count). The van der Waals surface area contributed by atoms with Crippen LogP contribution in [0.2, 0.25) is 0 Å². The van der Waals surface area contributed by atoms with Crippen molar-refractivity contribution in [2.24, 2.45) is 5.73 Å². The quantitative estimate of drug-likeness (QED) is 0.371. The van der Waals surface area contributed by atoms with E-state index >= 15 is 0 Å². The van der Waals surface area contributed by atoms with E-state index in [1.165, 1.54) is 4.90 Å². The van der Waals surface area contributed by atoms with Crippen LogP contribution in [0.5, 0.6) is 0 Å². The van der Waals surface area contributed by atoms with Crippen LogP contribution in [0.15, 0.2) is 42.5 Å². The molecule has 11 heteroatoms. The van der Waals surface area contributed by atoms with Crippen LogP contribution in [0.25, 0.3) is 0 Å². The van der Waals surface area contributed by atoms with Gasteiger partial charge in [-0.1, -0.05) is 29.8 Å². The van der Waals surface area contributed by atoms with Gasteiger partial charge in [0.15, 0.2) is 5.69 Å². The number of aryl methyl sites for hydroxylation is 2. The van der Waals surface area contributed by atoms with Gasteiger partial charge in [0, 0.05) is 38.6 Å². The van der Waals surface area contributed by atoms with Crippen molar-refractivity contribution in [1.29, 1.82) is 0 Å². The molecule has 3 aromatic rings. The molecule has 1 aliphatic rings. The number of nitrogens with two attached hydrogens (primary N) is 2. The van der Waals surface area contributed by atoms with E-state index in [4.69, 9.17) is 16.2 Å². The zero-order chi connectivity index (χ0) is 28.3. The van der Waals surface area contributed by atoms with Gasteiger partial charge in [0.25, 0.3) is 11.8 Å². The molecule has 0 aliphatic carbocycles. The Labute approximate surface area is 232 Å². The first-order chi connectivity index (χ1) is 18.6. The minimum Gasteiger partial charge on any atom is -0.395 e. The molecule has 39 heavy (non-hydrogen) atoms. The Morgan fingerprint density at radius 2 is 1.87 bits per heavy atom. The highest BCUT2D eigenvalue weighted by atomic mass is 32.1. The molecule has 2 aromatic carbocycles. The second-order valence-corrected chi connectivity index (χ2v) is 10.6. The van der Waals surface area contributed by atoms with Crippen molar-refractivity contribution in [2.75, 3.05) is 42.8 Å². The summed E-state index contributed by atoms with van der Waals surface area (Å²) in [4.78, 5) is 43.4. The number of benzene rings is 2. The molecule has 5 N–H and O–H groups in total. The molecular formula is C28H34N6O4S. The molecule has 1 fully saturated rings. The van der Waals surface area contributed by atoms with E-state index in [9.17, 15) is 14.4 Å². The van der Waals surface area contributed by atoms with Crippen LogP contribution < -0.4 is 26.6 Å². The average Bonchev–Trinajstić information content (AvgIpc) is 3.56. The standard InChI is InChI=1S/C28H34N6O4S/c1-16-7-12-21(17(2)14-16)34(28(37)25-22(29)23(26(30)35)32-39-25)24(18-8-10-19(11-9-18)33(3)4)27(36)31-15-20-6-5-13-38-20/h7-12,14,20,24H,5-6,13,15,29H2,1-4H3,(H2,30,35)(H,31,36)/t20-,24-/m0/s1. The zero-order valence-electron chi connectivity index (χ0n) is 22.6. The maximum atomic E-state index is 14.2. The van der Waals surface area contributed by atoms with Crippen molar-refractivity contribution < 1.29 is 19.1 Å². The maximum absolute atomic E-state index is 14.2. The van der Waals surface area contributed by atoms with E-state index in [1.54, 1.807) is 0 Å². The largest absolute Gasteiger partial charge is 0.395 e. The van der Waals surface area contributed by atoms with Crippen LogP contribution in [0, 0.1) is 13.8 Å². The van der Waals surface area contributed by atoms with Gasteiger partial charge in [-0.15, -0.1) is 0 Å². The van der Waals surface area contributed by atoms with E-state index in [-0.39, 0.29) is 28.3 Å². The second-order valence-electron chi connectivity index (χ2n) is 9.87. The van der Waals surface area contributed by atoms with Crippen molar-refractivity contribution in [1.82, 2.24) is 9.69 Å². The maximum Gasteiger partial charge on any atom is 0.273 e. The summed E-state index contributed by atoms with van der Waals surface area (Å²) in [6.45, 7) is 4.82. The number of nitrogens with one attached hydrogen (secondary N) is 1. The number of hydrogen-bond acceptors (Lipinski definition) is 8. The molecule has 206 valence electrons. The van der Waals surface area contributed by atoms with Crippen molar-refractivity contribution in [3.05, 3.63) is 69.7 Å². The molecule has 1 aromatic heterocycles. The summed E-state index contributed by atoms with van der Waals surface area (Å²) in [7, 11) is 3.85. The number of hydrogen-bond donors (Lipinski definition) is 3. The fraction of sp³-hybridized carbons (Fsp3) is 0.357. The number of primary amides is 1. The van der Waals surface area contributed by atoms with Crippen LogP contribution in [-0.2, 0) is 9.53 Å². The van der Waals surface area contributed by atoms with Crippen molar-refractivity contribution in [3.8, 4) is 0 Å². The summed E-state index contributed by atoms with van der Waals surface area (Å²) in [5, 5.41) is 3.00. The molecular weight excluding hydrogens is 516 g/mol. The fourth-order valence-electron chi connectivity index (χ4n) is 4.67. The Morgan fingerprint density at radius 3 is 2.44 bits per heavy atom. The molecule has 0 saturated carbocycles. The van der Waals surface area contributed by atoms with Gasteiger partial charge in [0.1, 0.15) is 10.9 Å². The normalized spacial score (nSPS) is 15.5. The van der Waals surface area contributed by atoms with E-state index in [0.717, 1.165) is 41.2 Å². The molecule has 1 saturated heterocycles. The number of anilines is 3. The summed E-state index contributed by atoms with van der Waals surface area (Å²) >= 11 is 0.784. The Morgan fingerprint density at radius 1 is 1.15 bits per heavy atom. The van der Waals surface area contributed by atoms with Crippen LogP contribution in [0.1, 0.15) is 55.7 Å². The monoisotopic (exact) mass is 550 g/mol. The lowest BCUT2D eigenvalue weighted by Crippen LogP contribution is -2.46. The minimum atomic E-state index is -1.05. The summed E-state index contributed by atoms with van der Waals surface area (Å²) in [5.74, 6) is -1.75. The Bertz CT molecular complexity index is 1360. The molecule has 0 spiro atoms. The first-order valence-electron chi connectivity index (χ1n) is 12.7. The second kappa shape index (κ2) is 11.8. The molecule has 2 heterocycles. The first kappa shape index (κ1) is 28.1. The Hall–Kier alpha value is -3.96. The lowest BCUT2D eigenvalue weighted by molar-refractivity contribution is -0.123. The number of aromatic nitrogens is 1. The highest BCUT2D eigenvalue weighted by Crippen LogP contribution is 2.35. The van der Waals surface area contributed by atoms with Gasteiger partial charge in [-0.2, -0.15) is 4.37 Å². The summed E-state index contributed by atoms with van der Waals surface area (Å²) in [6.07, 6.45) is 1.72. The van der Waals surface area contributed by atoms with Crippen LogP contribution in [0.3, 0.4) is 0 Å². The first-order valence-corrected chi connectivity index (χ1v) is 13.5. The number of carbonyl (C=O) groups excluding carboxylic acids is 3. The number of carbonyl (C=O) groups is 3. The third-order valence-corrected chi connectivity index (χ3v) is 7.60. The smallest absolute Gasteiger partial charge is 0.273 e. The number of amides is 3. The van der Waals surface area contributed by atoms with Gasteiger partial charge < -0.3 is 26.4 Å². The number of nitrogens with zero attached hydrogens (tertiary/aromatic N) is 3. The molecule has 10 nitrogen and oxygen atoms in total. The Balaban J connectivity index is 1.85. The van der Waals surface area contributed by atoms with Crippen LogP contribution >= 0.6 is 11.5 Å². The van der Waals surface area contributed by atoms with Gasteiger partial charge in [-0.05, 0) is 67.5 Å². The lowest BCUT2D eigenvalue weighted by atomic mass is 10.00. The highest BCUT2D eigenvalue weighted by Gasteiger charge is 2.37.